The Morgan fingerprint density at radius 3 is 2.78 bits per heavy atom. The van der Waals surface area contributed by atoms with Gasteiger partial charge in [0, 0.05) is 42.0 Å². The molecule has 3 heterocycles. The maximum Gasteiger partial charge on any atom is 0.267 e. The number of anilines is 2. The van der Waals surface area contributed by atoms with Crippen molar-refractivity contribution in [3.05, 3.63) is 58.3 Å². The summed E-state index contributed by atoms with van der Waals surface area (Å²) in [7, 11) is 0. The molecule has 166 valence electrons. The fourth-order valence-corrected chi connectivity index (χ4v) is 5.72. The third-order valence-electron chi connectivity index (χ3n) is 6.62. The van der Waals surface area contributed by atoms with Crippen LogP contribution in [0.5, 0.6) is 0 Å². The zero-order valence-electron chi connectivity index (χ0n) is 18.0. The standard InChI is InChI=1S/C24H27N5O2S/c30-21(26-19-6-3-5-18(15-19)23-25-12-14-32-23)16-29-22(31)8-7-20(27-29)28-13-4-11-24(17-28)9-1-2-10-24/h3,5-8,12,14-15H,1-2,4,9-11,13,16-17H2,(H,26,30). The van der Waals surface area contributed by atoms with Crippen molar-refractivity contribution in [2.75, 3.05) is 23.3 Å². The van der Waals surface area contributed by atoms with E-state index in [9.17, 15) is 9.59 Å². The van der Waals surface area contributed by atoms with E-state index in [0.29, 0.717) is 11.1 Å². The van der Waals surface area contributed by atoms with Crippen LogP contribution in [0.3, 0.4) is 0 Å². The van der Waals surface area contributed by atoms with Crippen LogP contribution >= 0.6 is 11.3 Å². The van der Waals surface area contributed by atoms with Crippen LogP contribution in [0.25, 0.3) is 10.6 Å². The molecule has 1 saturated heterocycles. The van der Waals surface area contributed by atoms with Crippen molar-refractivity contribution < 1.29 is 4.79 Å². The first-order valence-corrected chi connectivity index (χ1v) is 12.1. The minimum Gasteiger partial charge on any atom is -0.355 e. The van der Waals surface area contributed by atoms with Gasteiger partial charge in [-0.2, -0.15) is 5.10 Å². The number of carbonyl (C=O) groups is 1. The molecule has 2 fully saturated rings. The summed E-state index contributed by atoms with van der Waals surface area (Å²) in [5.41, 5.74) is 1.75. The molecule has 1 aliphatic carbocycles. The van der Waals surface area contributed by atoms with Gasteiger partial charge in [0.25, 0.3) is 5.56 Å². The number of nitrogens with zero attached hydrogens (tertiary/aromatic N) is 4. The molecule has 32 heavy (non-hydrogen) atoms. The predicted molar refractivity (Wildman–Crippen MR) is 127 cm³/mol. The van der Waals surface area contributed by atoms with E-state index in [0.717, 1.165) is 35.9 Å². The number of hydrogen-bond donors (Lipinski definition) is 1. The number of aromatic nitrogens is 3. The van der Waals surface area contributed by atoms with Crippen molar-refractivity contribution in [2.24, 2.45) is 5.41 Å². The van der Waals surface area contributed by atoms with Gasteiger partial charge in [0.15, 0.2) is 0 Å². The second kappa shape index (κ2) is 8.86. The highest BCUT2D eigenvalue weighted by Gasteiger charge is 2.38. The lowest BCUT2D eigenvalue weighted by Crippen LogP contribution is -2.43. The molecule has 1 aromatic carbocycles. The molecule has 7 nitrogen and oxygen atoms in total. The summed E-state index contributed by atoms with van der Waals surface area (Å²) in [6, 6.07) is 10.9. The van der Waals surface area contributed by atoms with E-state index in [1.54, 1.807) is 23.6 Å². The summed E-state index contributed by atoms with van der Waals surface area (Å²) in [5, 5.41) is 10.3. The molecule has 3 aromatic rings. The highest BCUT2D eigenvalue weighted by Crippen LogP contribution is 2.45. The first-order chi connectivity index (χ1) is 15.6. The van der Waals surface area contributed by atoms with E-state index < -0.39 is 0 Å². The fourth-order valence-electron chi connectivity index (χ4n) is 5.09. The van der Waals surface area contributed by atoms with Gasteiger partial charge in [-0.05, 0) is 49.3 Å². The van der Waals surface area contributed by atoms with Gasteiger partial charge in [-0.15, -0.1) is 11.3 Å². The van der Waals surface area contributed by atoms with Crippen molar-refractivity contribution in [3.63, 3.8) is 0 Å². The molecule has 1 amide bonds. The molecule has 1 N–H and O–H groups in total. The third-order valence-corrected chi connectivity index (χ3v) is 7.44. The predicted octanol–water partition coefficient (Wildman–Crippen LogP) is 4.17. The van der Waals surface area contributed by atoms with Crippen molar-refractivity contribution in [1.82, 2.24) is 14.8 Å². The number of carbonyl (C=O) groups excluding carboxylic acids is 1. The van der Waals surface area contributed by atoms with Gasteiger partial charge in [0.1, 0.15) is 17.4 Å². The SMILES string of the molecule is O=C(Cn1nc(N2CCCC3(CCCC3)C2)ccc1=O)Nc1cccc(-c2nccs2)c1. The van der Waals surface area contributed by atoms with Crippen molar-refractivity contribution >= 4 is 28.7 Å². The Hall–Kier alpha value is -3.00. The number of nitrogens with one attached hydrogen (secondary N) is 1. The summed E-state index contributed by atoms with van der Waals surface area (Å²) in [5.74, 6) is 0.507. The third kappa shape index (κ3) is 4.46. The topological polar surface area (TPSA) is 80.1 Å². The van der Waals surface area contributed by atoms with Crippen molar-refractivity contribution in [2.45, 2.75) is 45.1 Å². The Bertz CT molecular complexity index is 1150. The maximum absolute atomic E-state index is 12.7. The number of piperidine rings is 1. The van der Waals surface area contributed by atoms with Gasteiger partial charge in [0.2, 0.25) is 5.91 Å². The van der Waals surface area contributed by atoms with E-state index in [1.807, 2.05) is 29.6 Å². The number of benzene rings is 1. The normalized spacial score (nSPS) is 17.6. The largest absolute Gasteiger partial charge is 0.355 e. The van der Waals surface area contributed by atoms with Gasteiger partial charge in [-0.25, -0.2) is 9.67 Å². The van der Waals surface area contributed by atoms with E-state index in [1.165, 1.54) is 42.9 Å². The Labute approximate surface area is 191 Å². The van der Waals surface area contributed by atoms with Gasteiger partial charge in [-0.3, -0.25) is 9.59 Å². The van der Waals surface area contributed by atoms with Gasteiger partial charge < -0.3 is 10.2 Å². The number of hydrogen-bond acceptors (Lipinski definition) is 6. The molecule has 0 bridgehead atoms. The fraction of sp³-hybridized carbons (Fsp3) is 0.417. The molecule has 8 heteroatoms. The monoisotopic (exact) mass is 449 g/mol. The second-order valence-corrected chi connectivity index (χ2v) is 9.78. The van der Waals surface area contributed by atoms with E-state index >= 15 is 0 Å². The number of thiazole rings is 1. The molecule has 5 rings (SSSR count). The van der Waals surface area contributed by atoms with E-state index in [2.05, 4.69) is 20.3 Å². The van der Waals surface area contributed by atoms with Crippen molar-refractivity contribution in [3.8, 4) is 10.6 Å². The van der Waals surface area contributed by atoms with Gasteiger partial charge >= 0.3 is 0 Å². The smallest absolute Gasteiger partial charge is 0.267 e. The first kappa shape index (κ1) is 20.9. The molecule has 1 aliphatic heterocycles. The summed E-state index contributed by atoms with van der Waals surface area (Å²) < 4.78 is 1.27. The van der Waals surface area contributed by atoms with Gasteiger partial charge in [-0.1, -0.05) is 25.0 Å². The molecule has 0 unspecified atom stereocenters. The zero-order valence-corrected chi connectivity index (χ0v) is 18.8. The van der Waals surface area contributed by atoms with Gasteiger partial charge in [0.05, 0.1) is 0 Å². The molecule has 1 spiro atoms. The minimum absolute atomic E-state index is 0.118. The quantitative estimate of drug-likeness (QED) is 0.632. The summed E-state index contributed by atoms with van der Waals surface area (Å²) in [6.07, 6.45) is 9.38. The Balaban J connectivity index is 1.29. The lowest BCUT2D eigenvalue weighted by atomic mass is 9.78. The lowest BCUT2D eigenvalue weighted by Gasteiger charge is -2.41. The number of rotatable bonds is 5. The van der Waals surface area contributed by atoms with E-state index in [-0.39, 0.29) is 18.0 Å². The molecule has 2 aromatic heterocycles. The average Bonchev–Trinajstić information content (AvgIpc) is 3.48. The highest BCUT2D eigenvalue weighted by molar-refractivity contribution is 7.13. The Morgan fingerprint density at radius 2 is 1.97 bits per heavy atom. The van der Waals surface area contributed by atoms with Crippen LogP contribution in [0.15, 0.2) is 52.8 Å². The molecule has 0 radical (unpaired) electrons. The summed E-state index contributed by atoms with van der Waals surface area (Å²) >= 11 is 1.55. The summed E-state index contributed by atoms with van der Waals surface area (Å²) in [4.78, 5) is 31.7. The molecule has 0 atom stereocenters. The molecular formula is C24H27N5O2S. The van der Waals surface area contributed by atoms with Crippen LogP contribution in [-0.4, -0.2) is 33.8 Å². The zero-order chi connectivity index (χ0) is 22.0. The second-order valence-electron chi connectivity index (χ2n) is 8.89. The summed E-state index contributed by atoms with van der Waals surface area (Å²) in [6.45, 7) is 1.82. The maximum atomic E-state index is 12.7. The Morgan fingerprint density at radius 1 is 1.12 bits per heavy atom. The van der Waals surface area contributed by atoms with Crippen LogP contribution in [0.4, 0.5) is 11.5 Å². The number of amides is 1. The van der Waals surface area contributed by atoms with Crippen LogP contribution in [0, 0.1) is 5.41 Å². The van der Waals surface area contributed by atoms with Crippen LogP contribution in [-0.2, 0) is 11.3 Å². The molecule has 2 aliphatic rings. The first-order valence-electron chi connectivity index (χ1n) is 11.2. The lowest BCUT2D eigenvalue weighted by molar-refractivity contribution is -0.117. The molecular weight excluding hydrogens is 422 g/mol. The van der Waals surface area contributed by atoms with Crippen LogP contribution < -0.4 is 15.8 Å². The average molecular weight is 450 g/mol. The van der Waals surface area contributed by atoms with Crippen LogP contribution in [0.2, 0.25) is 0 Å². The molecule has 1 saturated carbocycles. The Kier molecular flexibility index (Phi) is 5.78. The van der Waals surface area contributed by atoms with Crippen molar-refractivity contribution in [1.29, 1.82) is 0 Å². The minimum atomic E-state index is -0.279. The van der Waals surface area contributed by atoms with E-state index in [4.69, 9.17) is 0 Å². The highest BCUT2D eigenvalue weighted by atomic mass is 32.1. The van der Waals surface area contributed by atoms with Crippen LogP contribution in [0.1, 0.15) is 38.5 Å².